The summed E-state index contributed by atoms with van der Waals surface area (Å²) in [5, 5.41) is 4.05. The molecule has 8 nitrogen and oxygen atoms in total. The minimum absolute atomic E-state index is 0.0968. The van der Waals surface area contributed by atoms with Crippen molar-refractivity contribution in [1.29, 1.82) is 0 Å². The molecule has 1 aliphatic carbocycles. The van der Waals surface area contributed by atoms with E-state index in [1.165, 1.54) is 12.3 Å². The van der Waals surface area contributed by atoms with E-state index in [9.17, 15) is 13.2 Å². The molecule has 0 saturated heterocycles. The summed E-state index contributed by atoms with van der Waals surface area (Å²) in [6, 6.07) is 2.22. The van der Waals surface area contributed by atoms with Gasteiger partial charge in [0.05, 0.1) is 10.9 Å². The van der Waals surface area contributed by atoms with E-state index in [0.29, 0.717) is 29.3 Å². The predicted octanol–water partition coefficient (Wildman–Crippen LogP) is 3.79. The van der Waals surface area contributed by atoms with Gasteiger partial charge in [0.25, 0.3) is 0 Å². The van der Waals surface area contributed by atoms with Crippen molar-refractivity contribution < 1.29 is 17.9 Å². The molecule has 0 spiro atoms. The highest BCUT2D eigenvalue weighted by molar-refractivity contribution is 7.89. The average molecular weight is 469 g/mol. The molecule has 2 unspecified atom stereocenters. The summed E-state index contributed by atoms with van der Waals surface area (Å²) in [5.41, 5.74) is 7.08. The third kappa shape index (κ3) is 5.28. The number of rotatable bonds is 5. The van der Waals surface area contributed by atoms with Gasteiger partial charge in [0.15, 0.2) is 0 Å². The summed E-state index contributed by atoms with van der Waals surface area (Å²) in [5.74, 6) is 0.144. The van der Waals surface area contributed by atoms with Gasteiger partial charge < -0.3 is 15.8 Å². The van der Waals surface area contributed by atoms with E-state index >= 15 is 0 Å². The molecular formula is C21H29ClN4O4S. The van der Waals surface area contributed by atoms with Crippen LogP contribution >= 0.6 is 11.6 Å². The molecule has 31 heavy (non-hydrogen) atoms. The molecule has 1 heterocycles. The fourth-order valence-corrected chi connectivity index (χ4v) is 5.26. The minimum atomic E-state index is -3.81. The Kier molecular flexibility index (Phi) is 6.53. The fraction of sp³-hybridized carbons (Fsp3) is 0.524. The van der Waals surface area contributed by atoms with Gasteiger partial charge >= 0.3 is 6.09 Å². The molecule has 2 atom stereocenters. The largest absolute Gasteiger partial charge is 0.444 e. The van der Waals surface area contributed by atoms with Gasteiger partial charge in [0.1, 0.15) is 10.8 Å². The monoisotopic (exact) mass is 468 g/mol. The summed E-state index contributed by atoms with van der Waals surface area (Å²) in [6.45, 7) is 9.49. The van der Waals surface area contributed by atoms with Crippen molar-refractivity contribution in [3.8, 4) is 0 Å². The highest BCUT2D eigenvalue weighted by Crippen LogP contribution is 2.44. The molecule has 1 amide bonds. The molecule has 1 aliphatic rings. The van der Waals surface area contributed by atoms with E-state index in [2.05, 4.69) is 15.0 Å². The number of carbonyl (C=O) groups excluding carboxylic acids is 1. The summed E-state index contributed by atoms with van der Waals surface area (Å²) in [7, 11) is -3.81. The second-order valence-corrected chi connectivity index (χ2v) is 11.3. The first kappa shape index (κ1) is 23.7. The Labute approximate surface area is 187 Å². The number of ether oxygens (including phenoxy) is 1. The van der Waals surface area contributed by atoms with Crippen LogP contribution in [0.1, 0.15) is 64.3 Å². The van der Waals surface area contributed by atoms with Crippen molar-refractivity contribution in [3.05, 3.63) is 34.6 Å². The molecule has 4 N–H and O–H groups in total. The zero-order chi connectivity index (χ0) is 23.1. The Hall–Kier alpha value is -1.94. The lowest BCUT2D eigenvalue weighted by Crippen LogP contribution is -2.34. The number of alkyl carbamates (subject to hydrolysis) is 1. The molecule has 1 aromatic heterocycles. The lowest BCUT2D eigenvalue weighted by atomic mass is 10.00. The van der Waals surface area contributed by atoms with Crippen LogP contribution in [0.5, 0.6) is 0 Å². The van der Waals surface area contributed by atoms with E-state index in [-0.39, 0.29) is 16.0 Å². The maximum Gasteiger partial charge on any atom is 0.408 e. The van der Waals surface area contributed by atoms with Gasteiger partial charge in [-0.25, -0.2) is 22.9 Å². The van der Waals surface area contributed by atoms with E-state index in [4.69, 9.17) is 22.1 Å². The van der Waals surface area contributed by atoms with Crippen molar-refractivity contribution in [2.75, 3.05) is 6.54 Å². The number of hydrogen-bond acceptors (Lipinski definition) is 6. The number of hydrogen-bond donors (Lipinski definition) is 3. The standard InChI is InChI=1S/C21H29ClN4O4S/c1-11(2)9-25-31(28,29)17-6-13-15(23)8-16(26-20(27)30-21(3,4)5)19(13)14-10-24-18(22)7-12(14)17/h6-7,10-11,15-16,25H,8-9,23H2,1-5H3,(H,26,27). The quantitative estimate of drug-likeness (QED) is 0.573. The van der Waals surface area contributed by atoms with Crippen LogP contribution in [0.4, 0.5) is 4.79 Å². The highest BCUT2D eigenvalue weighted by Gasteiger charge is 2.35. The van der Waals surface area contributed by atoms with E-state index in [1.54, 1.807) is 26.8 Å². The van der Waals surface area contributed by atoms with Crippen LogP contribution in [0.15, 0.2) is 23.2 Å². The van der Waals surface area contributed by atoms with Gasteiger partial charge in [-0.05, 0) is 56.4 Å². The number of sulfonamides is 1. The molecular weight excluding hydrogens is 440 g/mol. The number of nitrogens with zero attached hydrogens (tertiary/aromatic N) is 1. The van der Waals surface area contributed by atoms with E-state index in [0.717, 1.165) is 5.56 Å². The van der Waals surface area contributed by atoms with Crippen molar-refractivity contribution >= 4 is 38.5 Å². The van der Waals surface area contributed by atoms with Gasteiger partial charge in [0.2, 0.25) is 10.0 Å². The predicted molar refractivity (Wildman–Crippen MR) is 120 cm³/mol. The van der Waals surface area contributed by atoms with Crippen LogP contribution in [0.3, 0.4) is 0 Å². The lowest BCUT2D eigenvalue weighted by Gasteiger charge is -2.23. The van der Waals surface area contributed by atoms with Crippen LogP contribution in [0.2, 0.25) is 5.15 Å². The summed E-state index contributed by atoms with van der Waals surface area (Å²) in [4.78, 5) is 16.6. The molecule has 170 valence electrons. The van der Waals surface area contributed by atoms with E-state index in [1.807, 2.05) is 13.8 Å². The topological polar surface area (TPSA) is 123 Å². The van der Waals surface area contributed by atoms with Crippen LogP contribution in [0.25, 0.3) is 10.8 Å². The van der Waals surface area contributed by atoms with Crippen LogP contribution in [-0.2, 0) is 14.8 Å². The fourth-order valence-electron chi connectivity index (χ4n) is 3.65. The second-order valence-electron chi connectivity index (χ2n) is 9.22. The van der Waals surface area contributed by atoms with Crippen LogP contribution < -0.4 is 15.8 Å². The van der Waals surface area contributed by atoms with Crippen molar-refractivity contribution in [2.45, 2.75) is 63.6 Å². The third-order valence-corrected chi connectivity index (χ3v) is 6.59. The number of halogens is 1. The van der Waals surface area contributed by atoms with Gasteiger partial charge in [0, 0.05) is 29.6 Å². The zero-order valence-corrected chi connectivity index (χ0v) is 19.9. The van der Waals surface area contributed by atoms with Crippen LogP contribution in [-0.4, -0.2) is 31.6 Å². The second kappa shape index (κ2) is 8.54. The van der Waals surface area contributed by atoms with Crippen LogP contribution in [0, 0.1) is 5.92 Å². The minimum Gasteiger partial charge on any atom is -0.444 e. The number of carbonyl (C=O) groups is 1. The number of amides is 1. The average Bonchev–Trinajstić information content (AvgIpc) is 2.93. The van der Waals surface area contributed by atoms with Crippen molar-refractivity contribution in [2.24, 2.45) is 11.7 Å². The Morgan fingerprint density at radius 1 is 1.32 bits per heavy atom. The molecule has 0 aliphatic heterocycles. The summed E-state index contributed by atoms with van der Waals surface area (Å²) >= 11 is 6.10. The first-order valence-corrected chi connectivity index (χ1v) is 12.0. The SMILES string of the molecule is CC(C)CNS(=O)(=O)c1cc2c(c3cnc(Cl)cc13)C(NC(=O)OC(C)(C)C)CC2N. The summed E-state index contributed by atoms with van der Waals surface area (Å²) in [6.07, 6.45) is 1.37. The Morgan fingerprint density at radius 3 is 2.61 bits per heavy atom. The smallest absolute Gasteiger partial charge is 0.408 e. The van der Waals surface area contributed by atoms with E-state index < -0.39 is 33.8 Å². The molecule has 2 aromatic rings. The number of aromatic nitrogens is 1. The number of nitrogens with two attached hydrogens (primary N) is 1. The van der Waals surface area contributed by atoms with Crippen molar-refractivity contribution in [1.82, 2.24) is 15.0 Å². The van der Waals surface area contributed by atoms with Gasteiger partial charge in [-0.2, -0.15) is 0 Å². The summed E-state index contributed by atoms with van der Waals surface area (Å²) < 4.78 is 34.2. The number of nitrogens with one attached hydrogen (secondary N) is 2. The molecule has 10 heteroatoms. The Balaban J connectivity index is 2.12. The number of fused-ring (bicyclic) bond motifs is 3. The molecule has 0 saturated carbocycles. The van der Waals surface area contributed by atoms with Gasteiger partial charge in [-0.1, -0.05) is 25.4 Å². The molecule has 3 rings (SSSR count). The van der Waals surface area contributed by atoms with Gasteiger partial charge in [-0.3, -0.25) is 0 Å². The Bertz CT molecular complexity index is 1110. The molecule has 0 radical (unpaired) electrons. The third-order valence-electron chi connectivity index (χ3n) is 4.92. The maximum absolute atomic E-state index is 13.1. The van der Waals surface area contributed by atoms with Crippen molar-refractivity contribution in [3.63, 3.8) is 0 Å². The molecule has 0 bridgehead atoms. The number of pyridine rings is 1. The first-order valence-electron chi connectivity index (χ1n) is 10.2. The lowest BCUT2D eigenvalue weighted by molar-refractivity contribution is 0.0503. The number of benzene rings is 1. The molecule has 1 aromatic carbocycles. The maximum atomic E-state index is 13.1. The normalized spacial score (nSPS) is 19.0. The first-order chi connectivity index (χ1) is 14.3. The highest BCUT2D eigenvalue weighted by atomic mass is 35.5. The zero-order valence-electron chi connectivity index (χ0n) is 18.3. The Morgan fingerprint density at radius 2 is 2.00 bits per heavy atom. The molecule has 0 fully saturated rings. The van der Waals surface area contributed by atoms with Gasteiger partial charge in [-0.15, -0.1) is 0 Å².